The molecule has 2 aromatic heterocycles. The normalized spacial score (nSPS) is 11.1. The van der Waals surface area contributed by atoms with Gasteiger partial charge in [-0.05, 0) is 42.0 Å². The van der Waals surface area contributed by atoms with E-state index in [0.29, 0.717) is 28.7 Å². The van der Waals surface area contributed by atoms with Crippen molar-refractivity contribution in [1.82, 2.24) is 23.5 Å². The number of hydrogen-bond donors (Lipinski definition) is 1. The predicted octanol–water partition coefficient (Wildman–Crippen LogP) is 4.87. The van der Waals surface area contributed by atoms with E-state index in [4.69, 9.17) is 0 Å². The molecular weight excluding hydrogens is 459 g/mol. The van der Waals surface area contributed by atoms with Crippen LogP contribution in [-0.2, 0) is 11.3 Å². The quantitative estimate of drug-likeness (QED) is 0.338. The molecule has 3 aromatic carbocycles. The monoisotopic (exact) mass is 476 g/mol. The summed E-state index contributed by atoms with van der Waals surface area (Å²) in [5, 5.41) is 12.1. The van der Waals surface area contributed by atoms with Gasteiger partial charge in [0.15, 0.2) is 11.0 Å². The van der Waals surface area contributed by atoms with Gasteiger partial charge >= 0.3 is 0 Å². The van der Waals surface area contributed by atoms with Crippen LogP contribution in [-0.4, -0.2) is 35.2 Å². The van der Waals surface area contributed by atoms with E-state index in [9.17, 15) is 9.18 Å². The lowest BCUT2D eigenvalue weighted by molar-refractivity contribution is -0.113. The van der Waals surface area contributed by atoms with E-state index in [1.807, 2.05) is 47.0 Å². The van der Waals surface area contributed by atoms with Crippen LogP contribution in [0.4, 0.5) is 10.1 Å². The van der Waals surface area contributed by atoms with Crippen molar-refractivity contribution < 1.29 is 9.18 Å². The van der Waals surface area contributed by atoms with Crippen molar-refractivity contribution in [3.05, 3.63) is 84.2 Å². The van der Waals surface area contributed by atoms with Crippen molar-refractivity contribution in [2.75, 3.05) is 11.1 Å². The van der Waals surface area contributed by atoms with E-state index >= 15 is 0 Å². The third-order valence-corrected chi connectivity index (χ3v) is 6.40. The van der Waals surface area contributed by atoms with Crippen LogP contribution in [0.2, 0.25) is 0 Å². The molecule has 5 aromatic rings. The Kier molecular flexibility index (Phi) is 6.09. The first-order chi connectivity index (χ1) is 16.2. The summed E-state index contributed by atoms with van der Waals surface area (Å²) in [4.78, 5) is 12.7. The zero-order valence-electron chi connectivity index (χ0n) is 17.2. The fourth-order valence-electron chi connectivity index (χ4n) is 3.34. The maximum absolute atomic E-state index is 13.4. The number of amides is 1. The van der Waals surface area contributed by atoms with Crippen molar-refractivity contribution in [3.8, 4) is 11.4 Å². The minimum atomic E-state index is -0.315. The first-order valence-corrected chi connectivity index (χ1v) is 11.8. The van der Waals surface area contributed by atoms with Crippen LogP contribution >= 0.6 is 23.5 Å². The molecule has 0 atom stereocenters. The topological polar surface area (TPSA) is 85.6 Å². The summed E-state index contributed by atoms with van der Waals surface area (Å²) in [6.45, 7) is 0.522. The van der Waals surface area contributed by atoms with Gasteiger partial charge in [0.05, 0.1) is 29.7 Å². The van der Waals surface area contributed by atoms with Crippen molar-refractivity contribution >= 4 is 46.1 Å². The Morgan fingerprint density at radius 2 is 1.79 bits per heavy atom. The highest BCUT2D eigenvalue weighted by molar-refractivity contribution is 7.99. The number of rotatable bonds is 7. The molecule has 0 fully saturated rings. The number of hydrogen-bond acceptors (Lipinski definition) is 7. The van der Waals surface area contributed by atoms with Gasteiger partial charge in [-0.3, -0.25) is 9.36 Å². The number of carbonyl (C=O) groups is 1. The Labute approximate surface area is 197 Å². The van der Waals surface area contributed by atoms with Gasteiger partial charge in [-0.25, -0.2) is 4.39 Å². The lowest BCUT2D eigenvalue weighted by Gasteiger charge is -2.11. The molecule has 1 amide bonds. The molecule has 0 unspecified atom stereocenters. The molecule has 7 nitrogen and oxygen atoms in total. The van der Waals surface area contributed by atoms with E-state index in [0.717, 1.165) is 28.4 Å². The first-order valence-electron chi connectivity index (χ1n) is 10.0. The number of halogens is 1. The smallest absolute Gasteiger partial charge is 0.234 e. The summed E-state index contributed by atoms with van der Waals surface area (Å²) in [5.74, 6) is 0.257. The number of aromatic nitrogens is 5. The molecular formula is C23H17FN6OS2. The minimum Gasteiger partial charge on any atom is -0.323 e. The van der Waals surface area contributed by atoms with Gasteiger partial charge in [0.25, 0.3) is 0 Å². The van der Waals surface area contributed by atoms with Crippen molar-refractivity contribution in [3.63, 3.8) is 0 Å². The SMILES string of the molecule is O=C(CSc1nnc(-c2ccc(F)cc2)n1Cc1ccccc1)Nc1cccc2nsnc12. The molecule has 0 saturated carbocycles. The number of carbonyl (C=O) groups excluding carboxylic acids is 1. The summed E-state index contributed by atoms with van der Waals surface area (Å²) in [6, 6.07) is 21.5. The molecule has 10 heteroatoms. The summed E-state index contributed by atoms with van der Waals surface area (Å²) in [5.41, 5.74) is 3.86. The number of nitrogens with one attached hydrogen (secondary N) is 1. The zero-order chi connectivity index (χ0) is 22.6. The second kappa shape index (κ2) is 9.47. The highest BCUT2D eigenvalue weighted by atomic mass is 32.2. The van der Waals surface area contributed by atoms with Crippen LogP contribution in [0.1, 0.15) is 5.56 Å². The number of fused-ring (bicyclic) bond motifs is 1. The van der Waals surface area contributed by atoms with Gasteiger partial charge in [0.1, 0.15) is 16.9 Å². The third-order valence-electron chi connectivity index (χ3n) is 4.90. The standard InChI is InChI=1S/C23H17FN6OS2/c24-17-11-9-16(10-12-17)22-26-27-23(30(22)13-15-5-2-1-3-6-15)32-14-20(31)25-18-7-4-8-19-21(18)29-33-28-19/h1-12H,13-14H2,(H,25,31). The molecule has 0 aliphatic heterocycles. The second-order valence-corrected chi connectivity index (χ2v) is 8.63. The van der Waals surface area contributed by atoms with Gasteiger partial charge in [-0.1, -0.05) is 48.2 Å². The molecule has 2 heterocycles. The Morgan fingerprint density at radius 3 is 2.61 bits per heavy atom. The van der Waals surface area contributed by atoms with Crippen LogP contribution in [0.3, 0.4) is 0 Å². The van der Waals surface area contributed by atoms with Gasteiger partial charge < -0.3 is 5.32 Å². The number of benzene rings is 3. The Balaban J connectivity index is 1.37. The molecule has 33 heavy (non-hydrogen) atoms. The number of thioether (sulfide) groups is 1. The Bertz CT molecular complexity index is 1400. The van der Waals surface area contributed by atoms with E-state index in [-0.39, 0.29) is 17.5 Å². The van der Waals surface area contributed by atoms with Gasteiger partial charge in [0, 0.05) is 5.56 Å². The Morgan fingerprint density at radius 1 is 0.970 bits per heavy atom. The van der Waals surface area contributed by atoms with Gasteiger partial charge in [0.2, 0.25) is 5.91 Å². The number of nitrogens with zero attached hydrogens (tertiary/aromatic N) is 5. The molecule has 0 spiro atoms. The molecule has 0 aliphatic carbocycles. The van der Waals surface area contributed by atoms with Gasteiger partial charge in [-0.15, -0.1) is 10.2 Å². The summed E-state index contributed by atoms with van der Waals surface area (Å²) in [6.07, 6.45) is 0. The van der Waals surface area contributed by atoms with Gasteiger partial charge in [-0.2, -0.15) is 8.75 Å². The van der Waals surface area contributed by atoms with Crippen LogP contribution in [0.25, 0.3) is 22.4 Å². The molecule has 0 bridgehead atoms. The fraction of sp³-hybridized carbons (Fsp3) is 0.0870. The average molecular weight is 477 g/mol. The minimum absolute atomic E-state index is 0.143. The van der Waals surface area contributed by atoms with Crippen LogP contribution in [0.15, 0.2) is 78.0 Å². The predicted molar refractivity (Wildman–Crippen MR) is 128 cm³/mol. The highest BCUT2D eigenvalue weighted by Gasteiger charge is 2.17. The summed E-state index contributed by atoms with van der Waals surface area (Å²) >= 11 is 2.40. The number of anilines is 1. The fourth-order valence-corrected chi connectivity index (χ4v) is 4.63. The molecule has 0 radical (unpaired) electrons. The molecule has 0 saturated heterocycles. The maximum Gasteiger partial charge on any atom is 0.234 e. The molecule has 0 aliphatic rings. The molecule has 1 N–H and O–H groups in total. The molecule has 5 rings (SSSR count). The third kappa shape index (κ3) is 4.76. The van der Waals surface area contributed by atoms with E-state index in [2.05, 4.69) is 24.3 Å². The summed E-state index contributed by atoms with van der Waals surface area (Å²) < 4.78 is 23.8. The summed E-state index contributed by atoms with van der Waals surface area (Å²) in [7, 11) is 0. The lowest BCUT2D eigenvalue weighted by Crippen LogP contribution is -2.15. The second-order valence-electron chi connectivity index (χ2n) is 7.16. The van der Waals surface area contributed by atoms with Crippen molar-refractivity contribution in [2.45, 2.75) is 11.7 Å². The van der Waals surface area contributed by atoms with Crippen molar-refractivity contribution in [1.29, 1.82) is 0 Å². The van der Waals surface area contributed by atoms with Crippen LogP contribution in [0, 0.1) is 5.82 Å². The average Bonchev–Trinajstić information content (AvgIpc) is 3.47. The van der Waals surface area contributed by atoms with E-state index in [1.54, 1.807) is 18.2 Å². The zero-order valence-corrected chi connectivity index (χ0v) is 18.8. The first kappa shape index (κ1) is 21.2. The van der Waals surface area contributed by atoms with E-state index in [1.165, 1.54) is 23.9 Å². The van der Waals surface area contributed by atoms with Crippen LogP contribution < -0.4 is 5.32 Å². The highest BCUT2D eigenvalue weighted by Crippen LogP contribution is 2.26. The largest absolute Gasteiger partial charge is 0.323 e. The van der Waals surface area contributed by atoms with E-state index < -0.39 is 0 Å². The Hall–Kier alpha value is -3.63. The van der Waals surface area contributed by atoms with Crippen molar-refractivity contribution in [2.24, 2.45) is 0 Å². The maximum atomic E-state index is 13.4. The molecule has 164 valence electrons. The lowest BCUT2D eigenvalue weighted by atomic mass is 10.2. The van der Waals surface area contributed by atoms with Crippen LogP contribution in [0.5, 0.6) is 0 Å².